The molecule has 10 nitrogen and oxygen atoms in total. The molecular formula is C22H29N7O3. The van der Waals surface area contributed by atoms with E-state index in [4.69, 9.17) is 10.2 Å². The van der Waals surface area contributed by atoms with Crippen LogP contribution in [0.15, 0.2) is 29.2 Å². The van der Waals surface area contributed by atoms with Crippen molar-refractivity contribution < 1.29 is 9.63 Å². The van der Waals surface area contributed by atoms with Gasteiger partial charge in [0.15, 0.2) is 5.82 Å². The second-order valence-electron chi connectivity index (χ2n) is 8.17. The largest absolute Gasteiger partial charge is 0.365 e. The summed E-state index contributed by atoms with van der Waals surface area (Å²) >= 11 is 0. The smallest absolute Gasteiger partial charge is 0.293 e. The van der Waals surface area contributed by atoms with Crippen LogP contribution in [0.25, 0.3) is 0 Å². The summed E-state index contributed by atoms with van der Waals surface area (Å²) in [5.74, 6) is 0.0320. The van der Waals surface area contributed by atoms with Crippen molar-refractivity contribution in [2.24, 2.45) is 0 Å². The highest BCUT2D eigenvalue weighted by Crippen LogP contribution is 2.22. The van der Waals surface area contributed by atoms with E-state index in [-0.39, 0.29) is 42.4 Å². The van der Waals surface area contributed by atoms with Gasteiger partial charge in [0.05, 0.1) is 0 Å². The molecule has 5 N–H and O–H groups in total. The molecule has 1 saturated heterocycles. The molecule has 1 aromatic carbocycles. The Morgan fingerprint density at radius 2 is 2.19 bits per heavy atom. The zero-order valence-electron chi connectivity index (χ0n) is 18.2. The molecule has 1 atom stereocenters. The predicted molar refractivity (Wildman–Crippen MR) is 121 cm³/mol. The van der Waals surface area contributed by atoms with Crippen LogP contribution in [0.3, 0.4) is 0 Å². The molecule has 10 heteroatoms. The van der Waals surface area contributed by atoms with Crippen LogP contribution in [-0.4, -0.2) is 47.2 Å². The van der Waals surface area contributed by atoms with Gasteiger partial charge in [0, 0.05) is 31.5 Å². The summed E-state index contributed by atoms with van der Waals surface area (Å²) in [6.07, 6.45) is 5.62. The number of hydrogen-bond donors (Lipinski definition) is 5. The third-order valence-corrected chi connectivity index (χ3v) is 5.79. The number of guanidine groups is 1. The molecule has 1 fully saturated rings. The van der Waals surface area contributed by atoms with Crippen molar-refractivity contribution in [1.82, 2.24) is 25.7 Å². The summed E-state index contributed by atoms with van der Waals surface area (Å²) in [5, 5.41) is 16.0. The van der Waals surface area contributed by atoms with Crippen LogP contribution in [0.5, 0.6) is 0 Å². The number of nitrogens with zero attached hydrogens (tertiary/aromatic N) is 2. The first kappa shape index (κ1) is 21.8. The van der Waals surface area contributed by atoms with Gasteiger partial charge in [-0.15, -0.1) is 0 Å². The first-order valence-corrected chi connectivity index (χ1v) is 10.9. The number of hydrogen-bond acceptors (Lipinski definition) is 6. The van der Waals surface area contributed by atoms with E-state index in [0.29, 0.717) is 18.8 Å². The Morgan fingerprint density at radius 3 is 3.00 bits per heavy atom. The molecule has 170 valence electrons. The summed E-state index contributed by atoms with van der Waals surface area (Å²) in [7, 11) is 0. The molecule has 2 aliphatic rings. The Bertz CT molecular complexity index is 1060. The molecule has 0 radical (unpaired) electrons. The van der Waals surface area contributed by atoms with Crippen molar-refractivity contribution >= 4 is 17.7 Å². The van der Waals surface area contributed by atoms with Gasteiger partial charge in [0.2, 0.25) is 11.9 Å². The highest BCUT2D eigenvalue weighted by molar-refractivity contribution is 5.76. The van der Waals surface area contributed by atoms with E-state index in [2.05, 4.69) is 44.6 Å². The van der Waals surface area contributed by atoms with Gasteiger partial charge in [-0.05, 0) is 49.3 Å². The normalized spacial score (nSPS) is 17.3. The number of hydroxylamine groups is 1. The highest BCUT2D eigenvalue weighted by atomic mass is 16.7. The summed E-state index contributed by atoms with van der Waals surface area (Å²) in [6.45, 7) is 2.91. The lowest BCUT2D eigenvalue weighted by atomic mass is 10.0. The minimum Gasteiger partial charge on any atom is -0.365 e. The lowest BCUT2D eigenvalue weighted by molar-refractivity contribution is -0.122. The number of carbonyl (C=O) groups is 1. The standard InChI is InChI=1S/C22H29N7O3/c1-14-10-26-20(24-8-7-15-5-6-16-3-2-4-17(16)9-15)21(31)29(14)13-19(30)25-11-18-12-27-22(23)28-32-18/h5-6,9-10,18H,2-4,7-8,11-13H2,1H3,(H,24,26)(H,25,30)(H3,23,27,28). The van der Waals surface area contributed by atoms with Crippen LogP contribution in [0.1, 0.15) is 28.8 Å². The van der Waals surface area contributed by atoms with Crippen LogP contribution in [0, 0.1) is 12.3 Å². The Balaban J connectivity index is 1.31. The quantitative estimate of drug-likeness (QED) is 0.398. The fourth-order valence-electron chi connectivity index (χ4n) is 3.97. The van der Waals surface area contributed by atoms with Crippen molar-refractivity contribution in [3.8, 4) is 0 Å². The van der Waals surface area contributed by atoms with Gasteiger partial charge < -0.3 is 16.0 Å². The molecule has 2 aromatic rings. The van der Waals surface area contributed by atoms with E-state index in [1.165, 1.54) is 34.1 Å². The maximum Gasteiger partial charge on any atom is 0.293 e. The maximum atomic E-state index is 12.9. The van der Waals surface area contributed by atoms with E-state index in [0.717, 1.165) is 12.8 Å². The minimum atomic E-state index is -0.320. The van der Waals surface area contributed by atoms with Crippen LogP contribution >= 0.6 is 0 Å². The van der Waals surface area contributed by atoms with Crippen LogP contribution in [0.4, 0.5) is 5.82 Å². The zero-order valence-corrected chi connectivity index (χ0v) is 18.2. The van der Waals surface area contributed by atoms with Crippen molar-refractivity contribution in [3.63, 3.8) is 0 Å². The molecule has 0 spiro atoms. The Hall–Kier alpha value is -3.40. The van der Waals surface area contributed by atoms with Crippen molar-refractivity contribution in [2.45, 2.75) is 45.3 Å². The Morgan fingerprint density at radius 1 is 1.34 bits per heavy atom. The summed E-state index contributed by atoms with van der Waals surface area (Å²) in [5.41, 5.74) is 6.85. The molecule has 1 aliphatic carbocycles. The molecule has 1 amide bonds. The number of amides is 1. The van der Waals surface area contributed by atoms with Gasteiger partial charge in [0.25, 0.3) is 5.56 Å². The van der Waals surface area contributed by atoms with E-state index in [1.54, 1.807) is 13.1 Å². The number of carbonyl (C=O) groups excluding carboxylic acids is 1. The summed E-state index contributed by atoms with van der Waals surface area (Å²) in [4.78, 5) is 34.7. The van der Waals surface area contributed by atoms with E-state index < -0.39 is 0 Å². The van der Waals surface area contributed by atoms with Crippen molar-refractivity contribution in [3.05, 3.63) is 57.1 Å². The van der Waals surface area contributed by atoms with Crippen molar-refractivity contribution in [2.75, 3.05) is 25.0 Å². The van der Waals surface area contributed by atoms with Crippen LogP contribution in [0.2, 0.25) is 0 Å². The van der Waals surface area contributed by atoms with Gasteiger partial charge in [-0.3, -0.25) is 24.4 Å². The zero-order chi connectivity index (χ0) is 22.5. The minimum absolute atomic E-state index is 0.0859. The first-order valence-electron chi connectivity index (χ1n) is 10.9. The number of nitrogens with one attached hydrogen (secondary N) is 5. The van der Waals surface area contributed by atoms with Gasteiger partial charge in [-0.2, -0.15) is 0 Å². The third kappa shape index (κ3) is 5.25. The third-order valence-electron chi connectivity index (χ3n) is 5.79. The lowest BCUT2D eigenvalue weighted by Crippen LogP contribution is -2.53. The number of aromatic nitrogens is 2. The summed E-state index contributed by atoms with van der Waals surface area (Å²) in [6, 6.07) is 6.63. The van der Waals surface area contributed by atoms with Crippen molar-refractivity contribution in [1.29, 1.82) is 5.41 Å². The predicted octanol–water partition coefficient (Wildman–Crippen LogP) is 0.239. The van der Waals surface area contributed by atoms with E-state index >= 15 is 0 Å². The number of fused-ring (bicyclic) bond motifs is 1. The second kappa shape index (κ2) is 9.82. The topological polar surface area (TPSA) is 133 Å². The second-order valence-corrected chi connectivity index (χ2v) is 8.17. The van der Waals surface area contributed by atoms with Gasteiger partial charge in [-0.1, -0.05) is 18.2 Å². The average molecular weight is 440 g/mol. The molecule has 1 aliphatic heterocycles. The van der Waals surface area contributed by atoms with Crippen LogP contribution in [-0.2, 0) is 35.4 Å². The molecular weight excluding hydrogens is 410 g/mol. The first-order chi connectivity index (χ1) is 15.5. The molecule has 32 heavy (non-hydrogen) atoms. The monoisotopic (exact) mass is 439 g/mol. The summed E-state index contributed by atoms with van der Waals surface area (Å²) < 4.78 is 1.41. The van der Waals surface area contributed by atoms with Gasteiger partial charge in [0.1, 0.15) is 12.6 Å². The van der Waals surface area contributed by atoms with Crippen LogP contribution < -0.4 is 27.0 Å². The molecule has 1 unspecified atom stereocenters. The lowest BCUT2D eigenvalue weighted by Gasteiger charge is -2.25. The molecule has 0 bridgehead atoms. The molecule has 0 saturated carbocycles. The number of anilines is 1. The fraction of sp³-hybridized carbons (Fsp3) is 0.455. The maximum absolute atomic E-state index is 12.9. The van der Waals surface area contributed by atoms with Gasteiger partial charge >= 0.3 is 0 Å². The Labute approximate surface area is 186 Å². The Kier molecular flexibility index (Phi) is 6.69. The number of rotatable bonds is 8. The number of benzene rings is 1. The molecule has 2 heterocycles. The average Bonchev–Trinajstić information content (AvgIpc) is 3.26. The van der Waals surface area contributed by atoms with E-state index in [1.807, 2.05) is 0 Å². The molecule has 4 rings (SSSR count). The van der Waals surface area contributed by atoms with Gasteiger partial charge in [-0.25, -0.2) is 10.5 Å². The SMILES string of the molecule is Cc1cnc(NCCc2ccc3c(c2)CCC3)c(=O)n1CC(=O)NCC1CNC(=N)NO1. The van der Waals surface area contributed by atoms with E-state index in [9.17, 15) is 9.59 Å². The fourth-order valence-corrected chi connectivity index (χ4v) is 3.97. The number of aryl methyl sites for hydroxylation is 3. The molecule has 1 aromatic heterocycles. The highest BCUT2D eigenvalue weighted by Gasteiger charge is 2.18.